The van der Waals surface area contributed by atoms with Gasteiger partial charge in [0, 0.05) is 45.9 Å². The predicted octanol–water partition coefficient (Wildman–Crippen LogP) is -0.733. The van der Waals surface area contributed by atoms with Crippen molar-refractivity contribution in [2.75, 3.05) is 53.0 Å². The van der Waals surface area contributed by atoms with Crippen molar-refractivity contribution in [3.05, 3.63) is 0 Å². The van der Waals surface area contributed by atoms with Gasteiger partial charge in [0.2, 0.25) is 11.8 Å². The van der Waals surface area contributed by atoms with Crippen molar-refractivity contribution in [1.82, 2.24) is 15.1 Å². The summed E-state index contributed by atoms with van der Waals surface area (Å²) < 4.78 is 4.92. The number of ether oxygens (including phenoxy) is 1. The molecule has 0 radical (unpaired) electrons. The molecule has 2 aliphatic carbocycles. The first-order valence-electron chi connectivity index (χ1n) is 9.12. The van der Waals surface area contributed by atoms with Gasteiger partial charge in [-0.3, -0.25) is 14.5 Å². The third kappa shape index (κ3) is 3.73. The number of rotatable bonds is 6. The van der Waals surface area contributed by atoms with Crippen molar-refractivity contribution in [2.24, 2.45) is 23.5 Å². The first kappa shape index (κ1) is 17.6. The molecule has 2 bridgehead atoms. The Morgan fingerprint density at radius 2 is 1.88 bits per heavy atom. The van der Waals surface area contributed by atoms with Crippen LogP contribution in [0.2, 0.25) is 0 Å². The maximum atomic E-state index is 12.8. The largest absolute Gasteiger partial charge is 0.383 e. The fourth-order valence-corrected chi connectivity index (χ4v) is 4.59. The number of carbonyl (C=O) groups is 2. The van der Waals surface area contributed by atoms with E-state index in [1.165, 1.54) is 6.42 Å². The Balaban J connectivity index is 1.42. The first-order valence-corrected chi connectivity index (χ1v) is 9.12. The second-order valence-corrected chi connectivity index (χ2v) is 7.38. The molecular formula is C17H30N4O3. The third-order valence-corrected chi connectivity index (χ3v) is 5.95. The van der Waals surface area contributed by atoms with Crippen molar-refractivity contribution in [3.63, 3.8) is 0 Å². The first-order chi connectivity index (χ1) is 11.6. The molecule has 4 atom stereocenters. The van der Waals surface area contributed by atoms with Gasteiger partial charge in [-0.15, -0.1) is 0 Å². The quantitative estimate of drug-likeness (QED) is 0.623. The molecule has 7 nitrogen and oxygen atoms in total. The molecule has 1 aliphatic heterocycles. The predicted molar refractivity (Wildman–Crippen MR) is 90.2 cm³/mol. The van der Waals surface area contributed by atoms with Crippen LogP contribution in [0.3, 0.4) is 0 Å². The number of hydrogen-bond donors (Lipinski definition) is 2. The molecule has 1 saturated heterocycles. The number of nitrogens with two attached hydrogens (primary N) is 1. The molecule has 0 aromatic heterocycles. The molecule has 2 amide bonds. The van der Waals surface area contributed by atoms with Crippen LogP contribution in [0.15, 0.2) is 0 Å². The number of carbonyl (C=O) groups excluding carboxylic acids is 2. The number of piperazine rings is 1. The zero-order valence-corrected chi connectivity index (χ0v) is 14.6. The highest BCUT2D eigenvalue weighted by Crippen LogP contribution is 2.48. The molecule has 0 aromatic carbocycles. The minimum atomic E-state index is 0.0157. The summed E-state index contributed by atoms with van der Waals surface area (Å²) in [6.07, 6.45) is 3.50. The summed E-state index contributed by atoms with van der Waals surface area (Å²) >= 11 is 0. The van der Waals surface area contributed by atoms with E-state index in [0.717, 1.165) is 25.9 Å². The highest BCUT2D eigenvalue weighted by Gasteiger charge is 2.50. The van der Waals surface area contributed by atoms with Gasteiger partial charge in [0.05, 0.1) is 19.1 Å². The molecule has 1 heterocycles. The van der Waals surface area contributed by atoms with Gasteiger partial charge in [0.1, 0.15) is 0 Å². The lowest BCUT2D eigenvalue weighted by Crippen LogP contribution is -2.55. The summed E-state index contributed by atoms with van der Waals surface area (Å²) in [7, 11) is 1.62. The molecular weight excluding hydrogens is 308 g/mol. The third-order valence-electron chi connectivity index (χ3n) is 5.95. The van der Waals surface area contributed by atoms with Crippen LogP contribution in [0.1, 0.15) is 19.3 Å². The lowest BCUT2D eigenvalue weighted by Gasteiger charge is -2.38. The van der Waals surface area contributed by atoms with Crippen LogP contribution in [-0.4, -0.2) is 80.6 Å². The normalized spacial score (nSPS) is 33.0. The lowest BCUT2D eigenvalue weighted by molar-refractivity contribution is -0.139. The highest BCUT2D eigenvalue weighted by atomic mass is 16.5. The standard InChI is InChI=1S/C17H30N4O3/c1-24-9-4-19-14(22)11-20-5-7-21(8-6-20)17(23)15-12-2-3-13(10-12)16(15)18/h12-13,15-16H,2-11,18H2,1H3,(H,19,22). The van der Waals surface area contributed by atoms with Gasteiger partial charge in [-0.25, -0.2) is 0 Å². The van der Waals surface area contributed by atoms with E-state index in [-0.39, 0.29) is 23.8 Å². The van der Waals surface area contributed by atoms with Gasteiger partial charge in [-0.05, 0) is 31.1 Å². The smallest absolute Gasteiger partial charge is 0.234 e. The Bertz CT molecular complexity index is 463. The van der Waals surface area contributed by atoms with Crippen LogP contribution in [0.4, 0.5) is 0 Å². The summed E-state index contributed by atoms with van der Waals surface area (Å²) in [5, 5.41) is 2.83. The summed E-state index contributed by atoms with van der Waals surface area (Å²) in [6, 6.07) is 0.0563. The van der Waals surface area contributed by atoms with Crippen molar-refractivity contribution in [1.29, 1.82) is 0 Å². The van der Waals surface area contributed by atoms with Crippen molar-refractivity contribution in [3.8, 4) is 0 Å². The maximum absolute atomic E-state index is 12.8. The Morgan fingerprint density at radius 1 is 1.17 bits per heavy atom. The molecule has 24 heavy (non-hydrogen) atoms. The Hall–Kier alpha value is -1.18. The van der Waals surface area contributed by atoms with Crippen LogP contribution in [0.5, 0.6) is 0 Å². The van der Waals surface area contributed by atoms with E-state index in [1.807, 2.05) is 4.90 Å². The van der Waals surface area contributed by atoms with Gasteiger partial charge in [-0.2, -0.15) is 0 Å². The monoisotopic (exact) mass is 338 g/mol. The van der Waals surface area contributed by atoms with Crippen molar-refractivity contribution < 1.29 is 14.3 Å². The van der Waals surface area contributed by atoms with Crippen molar-refractivity contribution in [2.45, 2.75) is 25.3 Å². The van der Waals surface area contributed by atoms with E-state index in [2.05, 4.69) is 10.2 Å². The lowest BCUT2D eigenvalue weighted by atomic mass is 9.84. The van der Waals surface area contributed by atoms with Gasteiger partial charge >= 0.3 is 0 Å². The SMILES string of the molecule is COCCNC(=O)CN1CCN(C(=O)C2C3CCC(C3)C2N)CC1. The average molecular weight is 338 g/mol. The Morgan fingerprint density at radius 3 is 2.50 bits per heavy atom. The van der Waals surface area contributed by atoms with Gasteiger partial charge < -0.3 is 20.7 Å². The molecule has 3 fully saturated rings. The molecule has 136 valence electrons. The van der Waals surface area contributed by atoms with Gasteiger partial charge in [0.15, 0.2) is 0 Å². The number of nitrogens with one attached hydrogen (secondary N) is 1. The summed E-state index contributed by atoms with van der Waals surface area (Å²) in [4.78, 5) is 28.7. The van der Waals surface area contributed by atoms with Crippen molar-refractivity contribution >= 4 is 11.8 Å². The fourth-order valence-electron chi connectivity index (χ4n) is 4.59. The fraction of sp³-hybridized carbons (Fsp3) is 0.882. The topological polar surface area (TPSA) is 87.9 Å². The minimum absolute atomic E-state index is 0.0157. The van der Waals surface area contributed by atoms with Crippen LogP contribution >= 0.6 is 0 Å². The van der Waals surface area contributed by atoms with Crippen LogP contribution in [0, 0.1) is 17.8 Å². The van der Waals surface area contributed by atoms with E-state index >= 15 is 0 Å². The molecule has 0 aromatic rings. The second-order valence-electron chi connectivity index (χ2n) is 7.38. The molecule has 3 N–H and O–H groups in total. The van der Waals surface area contributed by atoms with Gasteiger partial charge in [-0.1, -0.05) is 0 Å². The van der Waals surface area contributed by atoms with Crippen LogP contribution in [0.25, 0.3) is 0 Å². The number of nitrogens with zero attached hydrogens (tertiary/aromatic N) is 2. The minimum Gasteiger partial charge on any atom is -0.383 e. The van der Waals surface area contributed by atoms with Crippen LogP contribution in [-0.2, 0) is 14.3 Å². The number of hydrogen-bond acceptors (Lipinski definition) is 5. The zero-order chi connectivity index (χ0) is 17.1. The summed E-state index contributed by atoms with van der Waals surface area (Å²) in [5.41, 5.74) is 6.30. The summed E-state index contributed by atoms with van der Waals surface area (Å²) in [5.74, 6) is 1.36. The molecule has 4 unspecified atom stereocenters. The molecule has 2 saturated carbocycles. The van der Waals surface area contributed by atoms with E-state index in [0.29, 0.717) is 44.6 Å². The Labute approximate surface area is 143 Å². The van der Waals surface area contributed by atoms with E-state index in [1.54, 1.807) is 7.11 Å². The molecule has 0 spiro atoms. The van der Waals surface area contributed by atoms with E-state index in [9.17, 15) is 9.59 Å². The number of fused-ring (bicyclic) bond motifs is 2. The molecule has 3 aliphatic rings. The average Bonchev–Trinajstić information content (AvgIpc) is 3.16. The molecule has 7 heteroatoms. The van der Waals surface area contributed by atoms with Gasteiger partial charge in [0.25, 0.3) is 0 Å². The Kier molecular flexibility index (Phi) is 5.73. The second kappa shape index (κ2) is 7.80. The van der Waals surface area contributed by atoms with E-state index < -0.39 is 0 Å². The zero-order valence-electron chi connectivity index (χ0n) is 14.6. The maximum Gasteiger partial charge on any atom is 0.234 e. The number of methoxy groups -OCH3 is 1. The summed E-state index contributed by atoms with van der Waals surface area (Å²) in [6.45, 7) is 4.35. The van der Waals surface area contributed by atoms with E-state index in [4.69, 9.17) is 10.5 Å². The molecule has 3 rings (SSSR count). The highest BCUT2D eigenvalue weighted by molar-refractivity contribution is 5.81. The van der Waals surface area contributed by atoms with Crippen LogP contribution < -0.4 is 11.1 Å². The number of amides is 2.